The van der Waals surface area contributed by atoms with Gasteiger partial charge in [0.1, 0.15) is 0 Å². The molecule has 1 aliphatic heterocycles. The van der Waals surface area contributed by atoms with Crippen LogP contribution in [-0.4, -0.2) is 47.8 Å². The van der Waals surface area contributed by atoms with Gasteiger partial charge in [0.05, 0.1) is 0 Å². The molecule has 2 heterocycles. The molecule has 0 saturated carbocycles. The largest absolute Gasteiger partial charge is 0.301 e. The number of halogens is 1. The smallest absolute Gasteiger partial charge is 0.272 e. The summed E-state index contributed by atoms with van der Waals surface area (Å²) in [6.45, 7) is 2.28. The maximum atomic E-state index is 12.5. The van der Waals surface area contributed by atoms with Crippen molar-refractivity contribution in [1.29, 1.82) is 0 Å². The average Bonchev–Trinajstić information content (AvgIpc) is 2.88. The maximum Gasteiger partial charge on any atom is 0.272 e. The molecule has 1 aliphatic rings. The molecule has 0 aromatic carbocycles. The van der Waals surface area contributed by atoms with E-state index in [1.54, 1.807) is 0 Å². The Kier molecular flexibility index (Phi) is 5.53. The molecule has 2 rings (SSSR count). The van der Waals surface area contributed by atoms with Crippen LogP contribution >= 0.6 is 22.9 Å². The highest BCUT2D eigenvalue weighted by molar-refractivity contribution is 7.91. The van der Waals surface area contributed by atoms with Gasteiger partial charge in [-0.3, -0.25) is 4.79 Å². The molecular weight excluding hydrogens is 336 g/mol. The highest BCUT2D eigenvalue weighted by atomic mass is 35.5. The van der Waals surface area contributed by atoms with Gasteiger partial charge in [-0.2, -0.15) is 4.31 Å². The Morgan fingerprint density at radius 2 is 2.29 bits per heavy atom. The molecule has 1 N–H and O–H groups in total. The predicted octanol–water partition coefficient (Wildman–Crippen LogP) is 1.53. The number of nitrogens with one attached hydrogen (secondary N) is 1. The third kappa shape index (κ3) is 4.12. The van der Waals surface area contributed by atoms with Gasteiger partial charge >= 0.3 is 0 Å². The van der Waals surface area contributed by atoms with E-state index in [0.717, 1.165) is 30.6 Å². The van der Waals surface area contributed by atoms with E-state index in [0.29, 0.717) is 19.0 Å². The quantitative estimate of drug-likeness (QED) is 0.640. The number of hydrogen-bond donors (Lipinski definition) is 1. The molecule has 1 saturated heterocycles. The number of rotatable bonds is 5. The van der Waals surface area contributed by atoms with Crippen LogP contribution in [0.2, 0.25) is 0 Å². The first kappa shape index (κ1) is 16.6. The lowest BCUT2D eigenvalue weighted by atomic mass is 9.97. The van der Waals surface area contributed by atoms with E-state index in [2.05, 4.69) is 15.5 Å². The van der Waals surface area contributed by atoms with Crippen LogP contribution in [0.3, 0.4) is 0 Å². The topological polar surface area (TPSA) is 92.3 Å². The zero-order valence-electron chi connectivity index (χ0n) is 11.6. The monoisotopic (exact) mass is 352 g/mol. The first-order valence-electron chi connectivity index (χ1n) is 6.60. The number of anilines is 1. The molecule has 0 aliphatic carbocycles. The highest BCUT2D eigenvalue weighted by Gasteiger charge is 2.32. The van der Waals surface area contributed by atoms with Gasteiger partial charge in [0, 0.05) is 25.9 Å². The standard InChI is InChI=1S/C11H17ClN4O3S2/c1-8(17)13-10-14-15-11(20-10)21(18,19)16-6-2-3-9(7-16)4-5-12/h9H,2-7H2,1H3,(H,13,14,17). The first-order valence-corrected chi connectivity index (χ1v) is 9.40. The fraction of sp³-hybridized carbons (Fsp3) is 0.727. The van der Waals surface area contributed by atoms with Gasteiger partial charge in [0.25, 0.3) is 10.0 Å². The van der Waals surface area contributed by atoms with Gasteiger partial charge < -0.3 is 5.32 Å². The van der Waals surface area contributed by atoms with E-state index < -0.39 is 10.0 Å². The van der Waals surface area contributed by atoms with E-state index in [1.165, 1.54) is 11.2 Å². The number of amides is 1. The summed E-state index contributed by atoms with van der Waals surface area (Å²) in [6.07, 6.45) is 2.62. The zero-order valence-corrected chi connectivity index (χ0v) is 14.0. The number of nitrogens with zero attached hydrogens (tertiary/aromatic N) is 3. The Morgan fingerprint density at radius 1 is 1.52 bits per heavy atom. The molecule has 118 valence electrons. The zero-order chi connectivity index (χ0) is 15.5. The van der Waals surface area contributed by atoms with Crippen LogP contribution in [0.5, 0.6) is 0 Å². The Balaban J connectivity index is 2.13. The van der Waals surface area contributed by atoms with Crippen molar-refractivity contribution in [3.8, 4) is 0 Å². The third-order valence-electron chi connectivity index (χ3n) is 3.25. The molecule has 1 amide bonds. The minimum Gasteiger partial charge on any atom is -0.301 e. The van der Waals surface area contributed by atoms with Crippen molar-refractivity contribution in [2.75, 3.05) is 24.3 Å². The number of aromatic nitrogens is 2. The molecule has 0 spiro atoms. The lowest BCUT2D eigenvalue weighted by Gasteiger charge is -2.30. The molecule has 1 unspecified atom stereocenters. The van der Waals surface area contributed by atoms with Crippen molar-refractivity contribution in [1.82, 2.24) is 14.5 Å². The van der Waals surface area contributed by atoms with Crippen molar-refractivity contribution in [3.63, 3.8) is 0 Å². The van der Waals surface area contributed by atoms with Gasteiger partial charge in [-0.15, -0.1) is 21.8 Å². The summed E-state index contributed by atoms with van der Waals surface area (Å²) >= 11 is 6.60. The molecular formula is C11H17ClN4O3S2. The molecule has 7 nitrogen and oxygen atoms in total. The predicted molar refractivity (Wildman–Crippen MR) is 81.0 cm³/mol. The van der Waals surface area contributed by atoms with Crippen LogP contribution in [0.1, 0.15) is 26.2 Å². The minimum atomic E-state index is -3.64. The molecule has 1 fully saturated rings. The summed E-state index contributed by atoms with van der Waals surface area (Å²) in [4.78, 5) is 10.9. The van der Waals surface area contributed by atoms with Gasteiger partial charge in [0.15, 0.2) is 0 Å². The van der Waals surface area contributed by atoms with Crippen LogP contribution in [-0.2, 0) is 14.8 Å². The second-order valence-electron chi connectivity index (χ2n) is 4.90. The fourth-order valence-electron chi connectivity index (χ4n) is 2.26. The second kappa shape index (κ2) is 6.99. The molecule has 21 heavy (non-hydrogen) atoms. The Morgan fingerprint density at radius 3 is 2.95 bits per heavy atom. The summed E-state index contributed by atoms with van der Waals surface area (Å²) in [6, 6.07) is 0. The number of hydrogen-bond acceptors (Lipinski definition) is 6. The van der Waals surface area contributed by atoms with Gasteiger partial charge in [-0.1, -0.05) is 11.3 Å². The van der Waals surface area contributed by atoms with Crippen molar-refractivity contribution < 1.29 is 13.2 Å². The SMILES string of the molecule is CC(=O)Nc1nnc(S(=O)(=O)N2CCCC(CCCl)C2)s1. The first-order chi connectivity index (χ1) is 9.93. The number of carbonyl (C=O) groups is 1. The van der Waals surface area contributed by atoms with E-state index in [9.17, 15) is 13.2 Å². The minimum absolute atomic E-state index is 0.0854. The Labute approximate surface area is 132 Å². The van der Waals surface area contributed by atoms with Crippen molar-refractivity contribution in [3.05, 3.63) is 0 Å². The van der Waals surface area contributed by atoms with Gasteiger partial charge in [-0.05, 0) is 25.2 Å². The molecule has 0 bridgehead atoms. The van der Waals surface area contributed by atoms with Crippen molar-refractivity contribution in [2.45, 2.75) is 30.5 Å². The molecule has 1 aromatic heterocycles. The van der Waals surface area contributed by atoms with E-state index in [-0.39, 0.29) is 21.3 Å². The highest BCUT2D eigenvalue weighted by Crippen LogP contribution is 2.28. The van der Waals surface area contributed by atoms with E-state index in [4.69, 9.17) is 11.6 Å². The molecule has 10 heteroatoms. The van der Waals surface area contributed by atoms with Crippen LogP contribution in [0.15, 0.2) is 4.34 Å². The summed E-state index contributed by atoms with van der Waals surface area (Å²) in [5, 5.41) is 9.99. The van der Waals surface area contributed by atoms with Crippen LogP contribution in [0, 0.1) is 5.92 Å². The van der Waals surface area contributed by atoms with Crippen LogP contribution in [0.4, 0.5) is 5.13 Å². The molecule has 1 aromatic rings. The van der Waals surface area contributed by atoms with Gasteiger partial charge in [0.2, 0.25) is 15.4 Å². The fourth-order valence-corrected chi connectivity index (χ4v) is 5.21. The van der Waals surface area contributed by atoms with Crippen molar-refractivity contribution in [2.24, 2.45) is 5.92 Å². The Hall–Kier alpha value is -0.770. The Bertz CT molecular complexity index is 602. The van der Waals surface area contributed by atoms with E-state index in [1.807, 2.05) is 0 Å². The van der Waals surface area contributed by atoms with Crippen LogP contribution in [0.25, 0.3) is 0 Å². The molecule has 0 radical (unpaired) electrons. The van der Waals surface area contributed by atoms with Crippen molar-refractivity contribution >= 4 is 44.0 Å². The normalized spacial score (nSPS) is 20.4. The lowest BCUT2D eigenvalue weighted by Crippen LogP contribution is -2.40. The molecule has 1 atom stereocenters. The summed E-state index contributed by atoms with van der Waals surface area (Å²) in [5.74, 6) is 0.508. The average molecular weight is 353 g/mol. The number of sulfonamides is 1. The number of alkyl halides is 1. The number of piperidine rings is 1. The van der Waals surface area contributed by atoms with Gasteiger partial charge in [-0.25, -0.2) is 8.42 Å². The third-order valence-corrected chi connectivity index (χ3v) is 6.52. The second-order valence-corrected chi connectivity index (χ2v) is 8.37. The van der Waals surface area contributed by atoms with Crippen LogP contribution < -0.4 is 5.32 Å². The number of carbonyl (C=O) groups excluding carboxylic acids is 1. The maximum absolute atomic E-state index is 12.5. The summed E-state index contributed by atoms with van der Waals surface area (Å²) in [5.41, 5.74) is 0. The summed E-state index contributed by atoms with van der Waals surface area (Å²) < 4.78 is 26.4. The lowest BCUT2D eigenvalue weighted by molar-refractivity contribution is -0.114. The van der Waals surface area contributed by atoms with E-state index >= 15 is 0 Å². The summed E-state index contributed by atoms with van der Waals surface area (Å²) in [7, 11) is -3.64.